The maximum absolute atomic E-state index is 12.5. The molecule has 0 saturated heterocycles. The SMILES string of the molecule is COC(=O)CNC(=O)c1nc(Cl)c(O)c2c(OCc3ccccc3)cccc12. The van der Waals surface area contributed by atoms with Gasteiger partial charge in [-0.1, -0.05) is 54.1 Å². The minimum Gasteiger partial charge on any atom is -0.504 e. The molecule has 7 nitrogen and oxygen atoms in total. The van der Waals surface area contributed by atoms with Crippen LogP contribution in [-0.4, -0.2) is 35.6 Å². The molecule has 0 fully saturated rings. The highest BCUT2D eigenvalue weighted by atomic mass is 35.5. The van der Waals surface area contributed by atoms with Gasteiger partial charge in [-0.25, -0.2) is 4.98 Å². The second-order valence-electron chi connectivity index (χ2n) is 5.81. The monoisotopic (exact) mass is 400 g/mol. The third kappa shape index (κ3) is 4.15. The minimum absolute atomic E-state index is 0.0353. The number of hydrogen-bond acceptors (Lipinski definition) is 6. The van der Waals surface area contributed by atoms with Gasteiger partial charge in [-0.15, -0.1) is 0 Å². The normalized spacial score (nSPS) is 10.5. The first-order valence-corrected chi connectivity index (χ1v) is 8.72. The molecule has 0 atom stereocenters. The highest BCUT2D eigenvalue weighted by Crippen LogP contribution is 2.39. The number of ether oxygens (including phenoxy) is 2. The number of amides is 1. The van der Waals surface area contributed by atoms with Crippen LogP contribution >= 0.6 is 11.6 Å². The Kier molecular flexibility index (Phi) is 5.96. The molecule has 1 heterocycles. The van der Waals surface area contributed by atoms with Crippen LogP contribution < -0.4 is 10.1 Å². The van der Waals surface area contributed by atoms with E-state index in [0.29, 0.717) is 11.1 Å². The van der Waals surface area contributed by atoms with Gasteiger partial charge in [0.05, 0.1) is 12.5 Å². The molecule has 3 aromatic rings. The summed E-state index contributed by atoms with van der Waals surface area (Å²) in [7, 11) is 1.22. The number of rotatable bonds is 6. The quantitative estimate of drug-likeness (QED) is 0.487. The lowest BCUT2D eigenvalue weighted by Crippen LogP contribution is -2.30. The highest BCUT2D eigenvalue weighted by molar-refractivity contribution is 6.32. The molecule has 0 aliphatic heterocycles. The highest BCUT2D eigenvalue weighted by Gasteiger charge is 2.21. The molecule has 8 heteroatoms. The van der Waals surface area contributed by atoms with Crippen molar-refractivity contribution in [1.29, 1.82) is 0 Å². The first-order chi connectivity index (χ1) is 13.5. The van der Waals surface area contributed by atoms with E-state index >= 15 is 0 Å². The summed E-state index contributed by atoms with van der Waals surface area (Å²) < 4.78 is 10.3. The molecule has 0 radical (unpaired) electrons. The fourth-order valence-corrected chi connectivity index (χ4v) is 2.80. The second-order valence-corrected chi connectivity index (χ2v) is 6.17. The largest absolute Gasteiger partial charge is 0.504 e. The number of esters is 1. The number of aromatic nitrogens is 1. The summed E-state index contributed by atoms with van der Waals surface area (Å²) in [5.74, 6) is -1.16. The Morgan fingerprint density at radius 2 is 1.89 bits per heavy atom. The van der Waals surface area contributed by atoms with E-state index in [0.717, 1.165) is 5.56 Å². The molecule has 144 valence electrons. The molecule has 0 bridgehead atoms. The van der Waals surface area contributed by atoms with Crippen LogP contribution in [0.2, 0.25) is 5.15 Å². The molecular formula is C20H17ClN2O5. The van der Waals surface area contributed by atoms with E-state index < -0.39 is 11.9 Å². The number of aromatic hydroxyl groups is 1. The van der Waals surface area contributed by atoms with E-state index in [1.807, 2.05) is 30.3 Å². The molecule has 28 heavy (non-hydrogen) atoms. The fraction of sp³-hybridized carbons (Fsp3) is 0.150. The van der Waals surface area contributed by atoms with Gasteiger partial charge >= 0.3 is 5.97 Å². The van der Waals surface area contributed by atoms with Gasteiger partial charge in [0.15, 0.2) is 10.9 Å². The van der Waals surface area contributed by atoms with E-state index in [4.69, 9.17) is 16.3 Å². The van der Waals surface area contributed by atoms with Crippen molar-refractivity contribution in [2.45, 2.75) is 6.61 Å². The predicted octanol–water partition coefficient (Wildman–Crippen LogP) is 3.08. The van der Waals surface area contributed by atoms with Gasteiger partial charge in [0, 0.05) is 5.39 Å². The van der Waals surface area contributed by atoms with Crippen LogP contribution in [-0.2, 0) is 16.1 Å². The van der Waals surface area contributed by atoms with Crippen molar-refractivity contribution in [2.75, 3.05) is 13.7 Å². The van der Waals surface area contributed by atoms with Crippen LogP contribution in [0, 0.1) is 0 Å². The van der Waals surface area contributed by atoms with Gasteiger partial charge in [0.2, 0.25) is 0 Å². The van der Waals surface area contributed by atoms with E-state index in [1.165, 1.54) is 7.11 Å². The van der Waals surface area contributed by atoms with Crippen molar-refractivity contribution >= 4 is 34.2 Å². The Labute approximate surface area is 165 Å². The first-order valence-electron chi connectivity index (χ1n) is 8.34. The molecule has 2 aromatic carbocycles. The summed E-state index contributed by atoms with van der Waals surface area (Å²) >= 11 is 6.03. The van der Waals surface area contributed by atoms with Crippen LogP contribution in [0.15, 0.2) is 48.5 Å². The molecule has 0 aliphatic rings. The van der Waals surface area contributed by atoms with Crippen LogP contribution in [0.4, 0.5) is 0 Å². The number of carbonyl (C=O) groups is 2. The van der Waals surface area contributed by atoms with Gasteiger partial charge in [0.25, 0.3) is 5.91 Å². The molecule has 2 N–H and O–H groups in total. The third-order valence-corrected chi connectivity index (χ3v) is 4.26. The zero-order valence-electron chi connectivity index (χ0n) is 14.9. The Balaban J connectivity index is 1.97. The molecular weight excluding hydrogens is 384 g/mol. The maximum atomic E-state index is 12.5. The first kappa shape index (κ1) is 19.4. The molecule has 0 saturated carbocycles. The average Bonchev–Trinajstić information content (AvgIpc) is 2.73. The number of hydrogen-bond donors (Lipinski definition) is 2. The van der Waals surface area contributed by atoms with Crippen molar-refractivity contribution in [3.05, 3.63) is 64.9 Å². The van der Waals surface area contributed by atoms with Crippen LogP contribution in [0.25, 0.3) is 10.8 Å². The number of nitrogens with one attached hydrogen (secondary N) is 1. The summed E-state index contributed by atoms with van der Waals surface area (Å²) in [5, 5.41) is 13.2. The Hall–Kier alpha value is -3.32. The van der Waals surface area contributed by atoms with Crippen molar-refractivity contribution in [1.82, 2.24) is 10.3 Å². The van der Waals surface area contributed by atoms with E-state index in [9.17, 15) is 14.7 Å². The van der Waals surface area contributed by atoms with Gasteiger partial charge in [-0.2, -0.15) is 0 Å². The van der Waals surface area contributed by atoms with E-state index in [1.54, 1.807) is 18.2 Å². The molecule has 1 amide bonds. The van der Waals surface area contributed by atoms with Crippen LogP contribution in [0.5, 0.6) is 11.5 Å². The van der Waals surface area contributed by atoms with Crippen molar-refractivity contribution < 1.29 is 24.2 Å². The average molecular weight is 401 g/mol. The number of benzene rings is 2. The number of halogens is 1. The Bertz CT molecular complexity index is 1020. The minimum atomic E-state index is -0.627. The third-order valence-electron chi connectivity index (χ3n) is 4.00. The maximum Gasteiger partial charge on any atom is 0.325 e. The van der Waals surface area contributed by atoms with Crippen molar-refractivity contribution in [3.8, 4) is 11.5 Å². The zero-order valence-corrected chi connectivity index (χ0v) is 15.7. The number of fused-ring (bicyclic) bond motifs is 1. The lowest BCUT2D eigenvalue weighted by molar-refractivity contribution is -0.139. The van der Waals surface area contributed by atoms with Crippen molar-refractivity contribution in [3.63, 3.8) is 0 Å². The lowest BCUT2D eigenvalue weighted by Gasteiger charge is -2.14. The molecule has 1 aromatic heterocycles. The number of methoxy groups -OCH3 is 1. The number of carbonyl (C=O) groups excluding carboxylic acids is 2. The standard InChI is InChI=1S/C20H17ClN2O5/c1-27-15(24)10-22-20(26)17-13-8-5-9-14(16(13)18(25)19(21)23-17)28-11-12-6-3-2-4-7-12/h2-9,25H,10-11H2,1H3,(H,22,26). The number of nitrogens with zero attached hydrogens (tertiary/aromatic N) is 1. The van der Waals surface area contributed by atoms with Crippen LogP contribution in [0.1, 0.15) is 16.1 Å². The summed E-state index contributed by atoms with van der Waals surface area (Å²) in [6.07, 6.45) is 0. The predicted molar refractivity (Wildman–Crippen MR) is 104 cm³/mol. The number of pyridine rings is 1. The van der Waals surface area contributed by atoms with E-state index in [2.05, 4.69) is 15.0 Å². The molecule has 0 unspecified atom stereocenters. The lowest BCUT2D eigenvalue weighted by atomic mass is 10.1. The van der Waals surface area contributed by atoms with Gasteiger partial charge in [-0.3, -0.25) is 9.59 Å². The van der Waals surface area contributed by atoms with Crippen LogP contribution in [0.3, 0.4) is 0 Å². The molecule has 0 spiro atoms. The van der Waals surface area contributed by atoms with Gasteiger partial charge in [-0.05, 0) is 11.6 Å². The summed E-state index contributed by atoms with van der Waals surface area (Å²) in [6.45, 7) is -0.0512. The van der Waals surface area contributed by atoms with E-state index in [-0.39, 0.29) is 35.1 Å². The summed E-state index contributed by atoms with van der Waals surface area (Å²) in [4.78, 5) is 27.7. The summed E-state index contributed by atoms with van der Waals surface area (Å²) in [5.41, 5.74) is 0.905. The second kappa shape index (κ2) is 8.58. The molecule has 3 rings (SSSR count). The van der Waals surface area contributed by atoms with Gasteiger partial charge in [0.1, 0.15) is 24.6 Å². The fourth-order valence-electron chi connectivity index (χ4n) is 2.62. The molecule has 0 aliphatic carbocycles. The Morgan fingerprint density at radius 3 is 2.61 bits per heavy atom. The summed E-state index contributed by atoms with van der Waals surface area (Å²) in [6, 6.07) is 14.5. The zero-order chi connectivity index (χ0) is 20.1. The topological polar surface area (TPSA) is 97.8 Å². The smallest absolute Gasteiger partial charge is 0.325 e. The van der Waals surface area contributed by atoms with Gasteiger partial charge < -0.3 is 19.9 Å². The van der Waals surface area contributed by atoms with Crippen molar-refractivity contribution in [2.24, 2.45) is 0 Å². The Morgan fingerprint density at radius 1 is 1.14 bits per heavy atom.